The van der Waals surface area contributed by atoms with Crippen LogP contribution in [0.2, 0.25) is 5.02 Å². The Morgan fingerprint density at radius 3 is 2.24 bits per heavy atom. The number of anilines is 1. The molecule has 0 aliphatic rings. The molecule has 3 aromatic rings. The van der Waals surface area contributed by atoms with E-state index >= 15 is 0 Å². The van der Waals surface area contributed by atoms with Crippen LogP contribution in [0.3, 0.4) is 0 Å². The number of rotatable bonds is 5. The molecule has 2 heterocycles. The van der Waals surface area contributed by atoms with E-state index in [0.29, 0.717) is 21.2 Å². The van der Waals surface area contributed by atoms with Crippen LogP contribution in [0.5, 0.6) is 0 Å². The van der Waals surface area contributed by atoms with E-state index in [4.69, 9.17) is 17.3 Å². The molecule has 0 saturated carbocycles. The van der Waals surface area contributed by atoms with E-state index in [1.54, 1.807) is 36.0 Å². The molecule has 0 aliphatic heterocycles. The molecule has 29 heavy (non-hydrogen) atoms. The van der Waals surface area contributed by atoms with Crippen molar-refractivity contribution in [2.24, 2.45) is 0 Å². The maximum Gasteiger partial charge on any atom is 0.259 e. The number of halogens is 1. The zero-order valence-electron chi connectivity index (χ0n) is 15.4. The molecule has 1 aromatic carbocycles. The van der Waals surface area contributed by atoms with Gasteiger partial charge in [-0.05, 0) is 30.5 Å². The lowest BCUT2D eigenvalue weighted by atomic mass is 10.1. The first-order chi connectivity index (χ1) is 13.7. The molecule has 0 atom stereocenters. The second-order valence-corrected chi connectivity index (χ2v) is 9.06. The minimum Gasteiger partial charge on any atom is -0.726 e. The van der Waals surface area contributed by atoms with E-state index in [0.717, 1.165) is 17.0 Å². The van der Waals surface area contributed by atoms with Crippen molar-refractivity contribution in [1.29, 1.82) is 0 Å². The number of hydrogen-bond donors (Lipinski definition) is 1. The standard InChI is InChI=1S/C17H13ClN2OS2.CH4O4S/c1-22-17-14(20-9-3-2-4-10-20)13(19)16(23-17)15(21)11-5-7-12(18)8-6-11;1-5-6(2,3)4/h2-10H,1H3,(H-,19,21);1H3,(H,2,3,4). The summed E-state index contributed by atoms with van der Waals surface area (Å²) in [6.07, 6.45) is 5.83. The third-order valence-electron chi connectivity index (χ3n) is 3.56. The average Bonchev–Trinajstić information content (AvgIpc) is 3.05. The van der Waals surface area contributed by atoms with Crippen molar-refractivity contribution in [3.63, 3.8) is 0 Å². The van der Waals surface area contributed by atoms with Crippen LogP contribution >= 0.6 is 34.7 Å². The number of thiophene rings is 1. The minimum absolute atomic E-state index is 0.0813. The molecular formula is C18H17ClN2O5S3. The molecule has 0 fully saturated rings. The summed E-state index contributed by atoms with van der Waals surface area (Å²) < 4.78 is 34.0. The molecule has 0 unspecified atom stereocenters. The summed E-state index contributed by atoms with van der Waals surface area (Å²) in [5.74, 6) is -0.0813. The lowest BCUT2D eigenvalue weighted by molar-refractivity contribution is -0.596. The largest absolute Gasteiger partial charge is 0.726 e. The van der Waals surface area contributed by atoms with E-state index in [1.807, 2.05) is 41.4 Å². The Kier molecular flexibility index (Phi) is 8.20. The number of carbonyl (C=O) groups excluding carboxylic acids is 1. The first kappa shape index (κ1) is 23.3. The highest BCUT2D eigenvalue weighted by Crippen LogP contribution is 2.38. The van der Waals surface area contributed by atoms with Crippen LogP contribution in [0.1, 0.15) is 15.2 Å². The molecule has 2 aromatic heterocycles. The lowest BCUT2D eigenvalue weighted by Gasteiger charge is -2.00. The Morgan fingerprint density at radius 2 is 1.76 bits per heavy atom. The van der Waals surface area contributed by atoms with Crippen LogP contribution in [0.15, 0.2) is 59.1 Å². The first-order valence-corrected chi connectivity index (χ1v) is 11.7. The second-order valence-electron chi connectivity index (χ2n) is 5.38. The van der Waals surface area contributed by atoms with Crippen LogP contribution in [0.4, 0.5) is 5.69 Å². The maximum atomic E-state index is 12.8. The monoisotopic (exact) mass is 472 g/mol. The summed E-state index contributed by atoms with van der Waals surface area (Å²) in [6, 6.07) is 12.7. The number of thioether (sulfide) groups is 1. The van der Waals surface area contributed by atoms with Gasteiger partial charge in [0.15, 0.2) is 12.4 Å². The summed E-state index contributed by atoms with van der Waals surface area (Å²) in [6.45, 7) is 0. The summed E-state index contributed by atoms with van der Waals surface area (Å²) in [5, 5.41) is 0.603. The van der Waals surface area contributed by atoms with E-state index < -0.39 is 10.4 Å². The summed E-state index contributed by atoms with van der Waals surface area (Å²) in [5.41, 5.74) is 8.26. The third-order valence-corrected chi connectivity index (χ3v) is 6.53. The fourth-order valence-corrected chi connectivity index (χ4v) is 4.28. The van der Waals surface area contributed by atoms with Gasteiger partial charge in [-0.15, -0.1) is 23.1 Å². The van der Waals surface area contributed by atoms with Crippen LogP contribution in [0, 0.1) is 0 Å². The van der Waals surface area contributed by atoms with Gasteiger partial charge < -0.3 is 10.3 Å². The number of hydrogen-bond acceptors (Lipinski definition) is 8. The molecule has 0 saturated heterocycles. The van der Waals surface area contributed by atoms with Crippen LogP contribution in [0.25, 0.3) is 5.69 Å². The van der Waals surface area contributed by atoms with Crippen LogP contribution < -0.4 is 10.3 Å². The highest BCUT2D eigenvalue weighted by Gasteiger charge is 2.27. The Balaban J connectivity index is 0.000000438. The normalized spacial score (nSPS) is 10.9. The van der Waals surface area contributed by atoms with Crippen molar-refractivity contribution in [2.75, 3.05) is 19.1 Å². The smallest absolute Gasteiger partial charge is 0.259 e. The number of ketones is 1. The number of nitrogens with zero attached hydrogens (tertiary/aromatic N) is 1. The Bertz CT molecular complexity index is 1080. The first-order valence-electron chi connectivity index (χ1n) is 7.92. The minimum atomic E-state index is -4.41. The van der Waals surface area contributed by atoms with Gasteiger partial charge in [-0.25, -0.2) is 8.42 Å². The number of nitrogen functional groups attached to an aromatic ring is 1. The van der Waals surface area contributed by atoms with Crippen molar-refractivity contribution in [2.45, 2.75) is 4.21 Å². The lowest BCUT2D eigenvalue weighted by Crippen LogP contribution is -2.30. The predicted molar refractivity (Wildman–Crippen MR) is 114 cm³/mol. The quantitative estimate of drug-likeness (QED) is 0.199. The van der Waals surface area contributed by atoms with Gasteiger partial charge in [0.05, 0.1) is 7.11 Å². The molecule has 11 heteroatoms. The van der Waals surface area contributed by atoms with Crippen LogP contribution in [-0.2, 0) is 14.6 Å². The molecule has 0 radical (unpaired) electrons. The van der Waals surface area contributed by atoms with Gasteiger partial charge >= 0.3 is 0 Å². The molecule has 2 N–H and O–H groups in total. The number of benzene rings is 1. The number of carbonyl (C=O) groups is 1. The van der Waals surface area contributed by atoms with E-state index in [9.17, 15) is 17.8 Å². The van der Waals surface area contributed by atoms with Crippen molar-refractivity contribution in [1.82, 2.24) is 0 Å². The van der Waals surface area contributed by atoms with Gasteiger partial charge in [-0.1, -0.05) is 17.7 Å². The molecular weight excluding hydrogens is 456 g/mol. The molecule has 0 amide bonds. The summed E-state index contributed by atoms with van der Waals surface area (Å²) >= 11 is 8.89. The fraction of sp³-hybridized carbons (Fsp3) is 0.111. The maximum absolute atomic E-state index is 12.8. The topological polar surface area (TPSA) is 113 Å². The zero-order chi connectivity index (χ0) is 21.6. The van der Waals surface area contributed by atoms with Crippen molar-refractivity contribution < 1.29 is 26.5 Å². The molecule has 0 spiro atoms. The van der Waals surface area contributed by atoms with Gasteiger partial charge in [-0.3, -0.25) is 8.98 Å². The van der Waals surface area contributed by atoms with Gasteiger partial charge in [0.25, 0.3) is 5.69 Å². The van der Waals surface area contributed by atoms with Gasteiger partial charge in [0.1, 0.15) is 14.8 Å². The Hall–Kier alpha value is -1.95. The Labute approximate surface area is 182 Å². The molecule has 7 nitrogen and oxygen atoms in total. The van der Waals surface area contributed by atoms with Crippen molar-refractivity contribution in [3.8, 4) is 5.69 Å². The van der Waals surface area contributed by atoms with E-state index in [1.165, 1.54) is 11.3 Å². The second kappa shape index (κ2) is 10.2. The average molecular weight is 473 g/mol. The van der Waals surface area contributed by atoms with Gasteiger partial charge in [0, 0.05) is 22.7 Å². The predicted octanol–water partition coefficient (Wildman–Crippen LogP) is 3.31. The van der Waals surface area contributed by atoms with E-state index in [-0.39, 0.29) is 5.78 Å². The SMILES string of the molecule is COS(=O)(=O)[O-].CSc1sc(C(=O)c2ccc(Cl)cc2)c(N)c1-[n+]1ccccc1. The van der Waals surface area contributed by atoms with E-state index in [2.05, 4.69) is 4.18 Å². The van der Waals surface area contributed by atoms with Crippen LogP contribution in [-0.4, -0.2) is 32.1 Å². The van der Waals surface area contributed by atoms with Crippen molar-refractivity contribution in [3.05, 3.63) is 70.3 Å². The highest BCUT2D eigenvalue weighted by molar-refractivity contribution is 8.00. The number of nitrogens with two attached hydrogens (primary N) is 1. The molecule has 154 valence electrons. The number of aromatic nitrogens is 1. The molecule has 3 rings (SSSR count). The Morgan fingerprint density at radius 1 is 1.21 bits per heavy atom. The summed E-state index contributed by atoms with van der Waals surface area (Å²) in [4.78, 5) is 13.3. The highest BCUT2D eigenvalue weighted by atomic mass is 35.5. The molecule has 0 aliphatic carbocycles. The van der Waals surface area contributed by atoms with Gasteiger partial charge in [-0.2, -0.15) is 4.57 Å². The zero-order valence-corrected chi connectivity index (χ0v) is 18.6. The fourth-order valence-electron chi connectivity index (χ4n) is 2.25. The van der Waals surface area contributed by atoms with Crippen molar-refractivity contribution >= 4 is 56.6 Å². The number of pyridine rings is 1. The molecule has 0 bridgehead atoms. The summed E-state index contributed by atoms with van der Waals surface area (Å²) in [7, 11) is -3.60. The van der Waals surface area contributed by atoms with Gasteiger partial charge in [0.2, 0.25) is 16.2 Å². The third kappa shape index (κ3) is 6.26.